The van der Waals surface area contributed by atoms with Crippen molar-refractivity contribution >= 4 is 11.6 Å². The first-order valence-electron chi connectivity index (χ1n) is 5.37. The Labute approximate surface area is 100 Å². The summed E-state index contributed by atoms with van der Waals surface area (Å²) in [5.74, 6) is -0.333. The molecule has 0 radical (unpaired) electrons. The van der Waals surface area contributed by atoms with Gasteiger partial charge in [-0.1, -0.05) is 12.1 Å². The lowest BCUT2D eigenvalue weighted by atomic mass is 10.0. The Balaban J connectivity index is 2.90. The average molecular weight is 238 g/mol. The van der Waals surface area contributed by atoms with Crippen LogP contribution in [0.1, 0.15) is 17.3 Å². The highest BCUT2D eigenvalue weighted by Crippen LogP contribution is 2.15. The van der Waals surface area contributed by atoms with Gasteiger partial charge in [0.2, 0.25) is 0 Å². The number of carbonyl (C=O) groups is 1. The molecular formula is C12H18N2O3. The smallest absolute Gasteiger partial charge is 0.253 e. The molecule has 94 valence electrons. The van der Waals surface area contributed by atoms with Gasteiger partial charge in [0.15, 0.2) is 0 Å². The van der Waals surface area contributed by atoms with Crippen molar-refractivity contribution in [3.8, 4) is 0 Å². The van der Waals surface area contributed by atoms with E-state index >= 15 is 0 Å². The maximum atomic E-state index is 12.0. The maximum absolute atomic E-state index is 12.0. The van der Waals surface area contributed by atoms with E-state index in [0.717, 1.165) is 0 Å². The van der Waals surface area contributed by atoms with Gasteiger partial charge in [0.05, 0.1) is 24.3 Å². The van der Waals surface area contributed by atoms with Crippen LogP contribution in [0.15, 0.2) is 24.3 Å². The molecule has 0 bridgehead atoms. The summed E-state index contributed by atoms with van der Waals surface area (Å²) in [5.41, 5.74) is 0.157. The number of aliphatic hydroxyl groups is 2. The summed E-state index contributed by atoms with van der Waals surface area (Å²) in [6, 6.07) is 7.03. The van der Waals surface area contributed by atoms with Crippen LogP contribution in [0.4, 0.5) is 5.69 Å². The van der Waals surface area contributed by atoms with E-state index < -0.39 is 5.54 Å². The SMILES string of the molecule is CNc1ccccc1C(=O)NC(C)(CO)CO. The molecule has 1 aromatic carbocycles. The van der Waals surface area contributed by atoms with Gasteiger partial charge in [0.1, 0.15) is 0 Å². The molecule has 0 fully saturated rings. The molecule has 1 amide bonds. The fraction of sp³-hybridized carbons (Fsp3) is 0.417. The molecule has 0 atom stereocenters. The van der Waals surface area contributed by atoms with Gasteiger partial charge in [-0.05, 0) is 19.1 Å². The molecule has 0 heterocycles. The number of anilines is 1. The Hall–Kier alpha value is -1.59. The van der Waals surface area contributed by atoms with Crippen LogP contribution in [0, 0.1) is 0 Å². The van der Waals surface area contributed by atoms with Crippen LogP contribution in [-0.4, -0.2) is 41.9 Å². The van der Waals surface area contributed by atoms with Gasteiger partial charge in [-0.15, -0.1) is 0 Å². The van der Waals surface area contributed by atoms with E-state index in [9.17, 15) is 4.79 Å². The van der Waals surface area contributed by atoms with Gasteiger partial charge in [-0.2, -0.15) is 0 Å². The lowest BCUT2D eigenvalue weighted by molar-refractivity contribution is 0.0724. The molecule has 0 spiro atoms. The number of rotatable bonds is 5. The molecule has 0 aromatic heterocycles. The number of hydrogen-bond acceptors (Lipinski definition) is 4. The van der Waals surface area contributed by atoms with Crippen molar-refractivity contribution in [3.63, 3.8) is 0 Å². The van der Waals surface area contributed by atoms with E-state index in [1.807, 2.05) is 6.07 Å². The predicted octanol–water partition coefficient (Wildman–Crippen LogP) is 0.201. The number of carbonyl (C=O) groups excluding carboxylic acids is 1. The Bertz CT molecular complexity index is 389. The number of para-hydroxylation sites is 1. The highest BCUT2D eigenvalue weighted by atomic mass is 16.3. The van der Waals surface area contributed by atoms with E-state index in [0.29, 0.717) is 11.3 Å². The second kappa shape index (κ2) is 5.65. The third-order valence-corrected chi connectivity index (χ3v) is 2.55. The number of amides is 1. The molecule has 0 unspecified atom stereocenters. The molecule has 1 aromatic rings. The van der Waals surface area contributed by atoms with Crippen LogP contribution >= 0.6 is 0 Å². The third-order valence-electron chi connectivity index (χ3n) is 2.55. The van der Waals surface area contributed by atoms with E-state index in [1.165, 1.54) is 0 Å². The summed E-state index contributed by atoms with van der Waals surface area (Å²) in [6.07, 6.45) is 0. The van der Waals surface area contributed by atoms with Gasteiger partial charge in [-0.25, -0.2) is 0 Å². The van der Waals surface area contributed by atoms with Gasteiger partial charge < -0.3 is 20.8 Å². The van der Waals surface area contributed by atoms with Crippen molar-refractivity contribution in [2.45, 2.75) is 12.5 Å². The Kier molecular flexibility index (Phi) is 4.48. The number of nitrogens with one attached hydrogen (secondary N) is 2. The first kappa shape index (κ1) is 13.5. The predicted molar refractivity (Wildman–Crippen MR) is 66.0 cm³/mol. The summed E-state index contributed by atoms with van der Waals surface area (Å²) in [7, 11) is 1.73. The van der Waals surface area contributed by atoms with E-state index in [1.54, 1.807) is 32.2 Å². The highest BCUT2D eigenvalue weighted by molar-refractivity contribution is 5.99. The topological polar surface area (TPSA) is 81.6 Å². The quantitative estimate of drug-likeness (QED) is 0.591. The zero-order chi connectivity index (χ0) is 12.9. The van der Waals surface area contributed by atoms with E-state index in [-0.39, 0.29) is 19.1 Å². The molecule has 1 rings (SSSR count). The minimum absolute atomic E-state index is 0.322. The molecule has 0 saturated heterocycles. The fourth-order valence-electron chi connectivity index (χ4n) is 1.37. The minimum Gasteiger partial charge on any atom is -0.394 e. The zero-order valence-corrected chi connectivity index (χ0v) is 10.0. The molecule has 17 heavy (non-hydrogen) atoms. The first-order valence-corrected chi connectivity index (χ1v) is 5.37. The van der Waals surface area contributed by atoms with Crippen LogP contribution in [0.25, 0.3) is 0 Å². The van der Waals surface area contributed by atoms with Gasteiger partial charge >= 0.3 is 0 Å². The number of hydrogen-bond donors (Lipinski definition) is 4. The monoisotopic (exact) mass is 238 g/mol. The minimum atomic E-state index is -1.02. The van der Waals surface area contributed by atoms with Gasteiger partial charge in [0, 0.05) is 12.7 Å². The first-order chi connectivity index (χ1) is 8.06. The van der Waals surface area contributed by atoms with Crippen molar-refractivity contribution in [1.82, 2.24) is 5.32 Å². The summed E-state index contributed by atoms with van der Waals surface area (Å²) < 4.78 is 0. The molecule has 4 N–H and O–H groups in total. The highest BCUT2D eigenvalue weighted by Gasteiger charge is 2.25. The average Bonchev–Trinajstić information content (AvgIpc) is 2.38. The zero-order valence-electron chi connectivity index (χ0n) is 10.0. The number of aliphatic hydroxyl groups excluding tert-OH is 2. The van der Waals surface area contributed by atoms with Crippen molar-refractivity contribution in [3.05, 3.63) is 29.8 Å². The van der Waals surface area contributed by atoms with Crippen molar-refractivity contribution < 1.29 is 15.0 Å². The normalized spacial score (nSPS) is 11.1. The van der Waals surface area contributed by atoms with E-state index in [2.05, 4.69) is 10.6 Å². The largest absolute Gasteiger partial charge is 0.394 e. The van der Waals surface area contributed by atoms with Crippen LogP contribution in [0.5, 0.6) is 0 Å². The molecule has 5 nitrogen and oxygen atoms in total. The van der Waals surface area contributed by atoms with Crippen molar-refractivity contribution in [2.24, 2.45) is 0 Å². The van der Waals surface area contributed by atoms with Crippen LogP contribution in [-0.2, 0) is 0 Å². The standard InChI is InChI=1S/C12H18N2O3/c1-12(7-15,8-16)14-11(17)9-5-3-4-6-10(9)13-2/h3-6,13,15-16H,7-8H2,1-2H3,(H,14,17). The summed E-state index contributed by atoms with van der Waals surface area (Å²) in [4.78, 5) is 12.0. The van der Waals surface area contributed by atoms with E-state index in [4.69, 9.17) is 10.2 Å². The Morgan fingerprint density at radius 3 is 2.41 bits per heavy atom. The fourth-order valence-corrected chi connectivity index (χ4v) is 1.37. The van der Waals surface area contributed by atoms with Crippen LogP contribution < -0.4 is 10.6 Å². The van der Waals surface area contributed by atoms with Gasteiger partial charge in [-0.3, -0.25) is 4.79 Å². The second-order valence-electron chi connectivity index (χ2n) is 4.13. The molecule has 0 aliphatic heterocycles. The third kappa shape index (κ3) is 3.18. The van der Waals surface area contributed by atoms with Crippen LogP contribution in [0.2, 0.25) is 0 Å². The summed E-state index contributed by atoms with van der Waals surface area (Å²) in [5, 5.41) is 23.8. The van der Waals surface area contributed by atoms with Crippen LogP contribution in [0.3, 0.4) is 0 Å². The van der Waals surface area contributed by atoms with Gasteiger partial charge in [0.25, 0.3) is 5.91 Å². The Morgan fingerprint density at radius 1 is 1.29 bits per heavy atom. The number of benzene rings is 1. The maximum Gasteiger partial charge on any atom is 0.253 e. The van der Waals surface area contributed by atoms with Crippen molar-refractivity contribution in [2.75, 3.05) is 25.6 Å². The molecule has 0 aliphatic carbocycles. The molecule has 0 saturated carbocycles. The lowest BCUT2D eigenvalue weighted by Crippen LogP contribution is -2.51. The molecule has 5 heteroatoms. The lowest BCUT2D eigenvalue weighted by Gasteiger charge is -2.26. The van der Waals surface area contributed by atoms with Crippen molar-refractivity contribution in [1.29, 1.82) is 0 Å². The molecule has 0 aliphatic rings. The second-order valence-corrected chi connectivity index (χ2v) is 4.13. The Morgan fingerprint density at radius 2 is 1.88 bits per heavy atom. The summed E-state index contributed by atoms with van der Waals surface area (Å²) >= 11 is 0. The molecular weight excluding hydrogens is 220 g/mol. The summed E-state index contributed by atoms with van der Waals surface area (Å²) in [6.45, 7) is 0.931.